The molecule has 2 aromatic carbocycles. The first kappa shape index (κ1) is 15.0. The van der Waals surface area contributed by atoms with Crippen molar-refractivity contribution in [2.75, 3.05) is 12.4 Å². The van der Waals surface area contributed by atoms with Crippen molar-refractivity contribution in [3.8, 4) is 0 Å². The SMILES string of the molecule is CCc1cc(F)ccc1Nc1ccc(F)cc1C(=O)OC. The second-order valence-corrected chi connectivity index (χ2v) is 4.46. The molecule has 0 unspecified atom stereocenters. The quantitative estimate of drug-likeness (QED) is 0.863. The normalized spacial score (nSPS) is 10.3. The molecule has 1 N–H and O–H groups in total. The number of hydrogen-bond acceptors (Lipinski definition) is 3. The van der Waals surface area contributed by atoms with E-state index < -0.39 is 11.8 Å². The number of methoxy groups -OCH3 is 1. The predicted octanol–water partition coefficient (Wildman–Crippen LogP) is 4.06. The maximum Gasteiger partial charge on any atom is 0.340 e. The van der Waals surface area contributed by atoms with Crippen LogP contribution in [0.5, 0.6) is 0 Å². The molecule has 0 aliphatic carbocycles. The van der Waals surface area contributed by atoms with Crippen LogP contribution in [0.25, 0.3) is 0 Å². The second-order valence-electron chi connectivity index (χ2n) is 4.46. The molecule has 3 nitrogen and oxygen atoms in total. The first-order valence-electron chi connectivity index (χ1n) is 6.48. The molecule has 2 rings (SSSR count). The van der Waals surface area contributed by atoms with Crippen molar-refractivity contribution in [3.05, 3.63) is 59.2 Å². The minimum atomic E-state index is -0.642. The van der Waals surface area contributed by atoms with Crippen molar-refractivity contribution >= 4 is 17.3 Å². The Bertz CT molecular complexity index is 671. The number of anilines is 2. The molecule has 0 saturated carbocycles. The summed E-state index contributed by atoms with van der Waals surface area (Å²) in [7, 11) is 1.23. The van der Waals surface area contributed by atoms with Crippen LogP contribution >= 0.6 is 0 Å². The van der Waals surface area contributed by atoms with Gasteiger partial charge in [0, 0.05) is 5.69 Å². The molecule has 0 bridgehead atoms. The fraction of sp³-hybridized carbons (Fsp3) is 0.188. The monoisotopic (exact) mass is 291 g/mol. The van der Waals surface area contributed by atoms with Gasteiger partial charge in [-0.05, 0) is 48.4 Å². The molecule has 0 aromatic heterocycles. The van der Waals surface area contributed by atoms with Gasteiger partial charge in [0.2, 0.25) is 0 Å². The zero-order valence-electron chi connectivity index (χ0n) is 11.7. The predicted molar refractivity (Wildman–Crippen MR) is 76.8 cm³/mol. The Morgan fingerprint density at radius 3 is 2.33 bits per heavy atom. The van der Waals surface area contributed by atoms with Gasteiger partial charge >= 0.3 is 5.97 Å². The summed E-state index contributed by atoms with van der Waals surface area (Å²) >= 11 is 0. The highest BCUT2D eigenvalue weighted by atomic mass is 19.1. The summed E-state index contributed by atoms with van der Waals surface area (Å²) in [5.41, 5.74) is 1.92. The lowest BCUT2D eigenvalue weighted by Crippen LogP contribution is -2.07. The Labute approximate surface area is 121 Å². The molecule has 0 saturated heterocycles. The van der Waals surface area contributed by atoms with Gasteiger partial charge in [-0.3, -0.25) is 0 Å². The van der Waals surface area contributed by atoms with E-state index in [-0.39, 0.29) is 11.4 Å². The Morgan fingerprint density at radius 1 is 1.10 bits per heavy atom. The molecule has 0 amide bonds. The number of halogens is 2. The molecule has 21 heavy (non-hydrogen) atoms. The Hall–Kier alpha value is -2.43. The van der Waals surface area contributed by atoms with Crippen molar-refractivity contribution in [3.63, 3.8) is 0 Å². The van der Waals surface area contributed by atoms with Crippen molar-refractivity contribution < 1.29 is 18.3 Å². The first-order valence-corrected chi connectivity index (χ1v) is 6.48. The smallest absolute Gasteiger partial charge is 0.340 e. The van der Waals surface area contributed by atoms with Gasteiger partial charge in [0.1, 0.15) is 11.6 Å². The molecule has 0 heterocycles. The number of benzene rings is 2. The Balaban J connectivity index is 2.42. The van der Waals surface area contributed by atoms with Crippen LogP contribution in [-0.2, 0) is 11.2 Å². The van der Waals surface area contributed by atoms with Gasteiger partial charge in [-0.1, -0.05) is 6.92 Å². The number of aryl methyl sites for hydroxylation is 1. The minimum Gasteiger partial charge on any atom is -0.465 e. The lowest BCUT2D eigenvalue weighted by molar-refractivity contribution is 0.0601. The lowest BCUT2D eigenvalue weighted by Gasteiger charge is -2.14. The highest BCUT2D eigenvalue weighted by Crippen LogP contribution is 2.26. The largest absolute Gasteiger partial charge is 0.465 e. The van der Waals surface area contributed by atoms with Gasteiger partial charge in [0.05, 0.1) is 18.4 Å². The molecule has 0 radical (unpaired) electrons. The van der Waals surface area contributed by atoms with Crippen LogP contribution in [0, 0.1) is 11.6 Å². The fourth-order valence-corrected chi connectivity index (χ4v) is 2.03. The summed E-state index contributed by atoms with van der Waals surface area (Å²) in [4.78, 5) is 11.7. The maximum atomic E-state index is 13.3. The average Bonchev–Trinajstić information content (AvgIpc) is 2.49. The zero-order chi connectivity index (χ0) is 15.4. The number of ether oxygens (including phenoxy) is 1. The molecular weight excluding hydrogens is 276 g/mol. The van der Waals surface area contributed by atoms with E-state index in [1.54, 1.807) is 6.07 Å². The number of nitrogens with one attached hydrogen (secondary N) is 1. The Kier molecular flexibility index (Phi) is 4.52. The molecule has 110 valence electrons. The minimum absolute atomic E-state index is 0.0869. The van der Waals surface area contributed by atoms with E-state index in [0.717, 1.165) is 11.6 Å². The van der Waals surface area contributed by atoms with Crippen molar-refractivity contribution in [1.82, 2.24) is 0 Å². The van der Waals surface area contributed by atoms with E-state index >= 15 is 0 Å². The van der Waals surface area contributed by atoms with Crippen LogP contribution in [0.1, 0.15) is 22.8 Å². The Morgan fingerprint density at radius 2 is 1.71 bits per heavy atom. The van der Waals surface area contributed by atoms with Crippen LogP contribution in [0.3, 0.4) is 0 Å². The van der Waals surface area contributed by atoms with Gasteiger partial charge in [0.15, 0.2) is 0 Å². The molecule has 0 aliphatic heterocycles. The number of carbonyl (C=O) groups excluding carboxylic acids is 1. The fourth-order valence-electron chi connectivity index (χ4n) is 2.03. The van der Waals surface area contributed by atoms with Crippen LogP contribution in [0.2, 0.25) is 0 Å². The number of hydrogen-bond donors (Lipinski definition) is 1. The van der Waals surface area contributed by atoms with E-state index in [1.165, 1.54) is 31.4 Å². The van der Waals surface area contributed by atoms with Crippen LogP contribution in [-0.4, -0.2) is 13.1 Å². The van der Waals surface area contributed by atoms with Crippen LogP contribution in [0.15, 0.2) is 36.4 Å². The van der Waals surface area contributed by atoms with Crippen LogP contribution < -0.4 is 5.32 Å². The third-order valence-corrected chi connectivity index (χ3v) is 3.10. The molecular formula is C16H15F2NO2. The van der Waals surface area contributed by atoms with E-state index in [4.69, 9.17) is 0 Å². The highest BCUT2D eigenvalue weighted by Gasteiger charge is 2.14. The van der Waals surface area contributed by atoms with E-state index in [0.29, 0.717) is 17.8 Å². The van der Waals surface area contributed by atoms with Crippen molar-refractivity contribution in [1.29, 1.82) is 0 Å². The molecule has 5 heteroatoms. The summed E-state index contributed by atoms with van der Waals surface area (Å²) in [6.45, 7) is 1.89. The topological polar surface area (TPSA) is 38.3 Å². The molecule has 2 aromatic rings. The first-order chi connectivity index (χ1) is 10.0. The number of carbonyl (C=O) groups is 1. The van der Waals surface area contributed by atoms with Crippen molar-refractivity contribution in [2.24, 2.45) is 0 Å². The standard InChI is InChI=1S/C16H15F2NO2/c1-3-10-8-11(17)4-6-14(10)19-15-7-5-12(18)9-13(15)16(20)21-2/h4-9,19H,3H2,1-2H3. The summed E-state index contributed by atoms with van der Waals surface area (Å²) in [6, 6.07) is 8.11. The van der Waals surface area contributed by atoms with E-state index in [2.05, 4.69) is 10.1 Å². The van der Waals surface area contributed by atoms with Gasteiger partial charge in [0.25, 0.3) is 0 Å². The van der Waals surface area contributed by atoms with E-state index in [1.807, 2.05) is 6.92 Å². The summed E-state index contributed by atoms with van der Waals surface area (Å²) in [5.74, 6) is -1.50. The second kappa shape index (κ2) is 6.35. The molecule has 0 fully saturated rings. The van der Waals surface area contributed by atoms with E-state index in [9.17, 15) is 13.6 Å². The lowest BCUT2D eigenvalue weighted by atomic mass is 10.1. The van der Waals surface area contributed by atoms with Crippen LogP contribution in [0.4, 0.5) is 20.2 Å². The molecule has 0 spiro atoms. The molecule has 0 aliphatic rings. The number of rotatable bonds is 4. The van der Waals surface area contributed by atoms with Gasteiger partial charge < -0.3 is 10.1 Å². The maximum absolute atomic E-state index is 13.3. The molecule has 0 atom stereocenters. The average molecular weight is 291 g/mol. The summed E-state index contributed by atoms with van der Waals surface area (Å²) < 4.78 is 31.2. The third kappa shape index (κ3) is 3.37. The summed E-state index contributed by atoms with van der Waals surface area (Å²) in [6.07, 6.45) is 0.620. The summed E-state index contributed by atoms with van der Waals surface area (Å²) in [5, 5.41) is 3.03. The van der Waals surface area contributed by atoms with Crippen molar-refractivity contribution in [2.45, 2.75) is 13.3 Å². The van der Waals surface area contributed by atoms with Gasteiger partial charge in [-0.2, -0.15) is 0 Å². The third-order valence-electron chi connectivity index (χ3n) is 3.10. The van der Waals surface area contributed by atoms with Gasteiger partial charge in [-0.15, -0.1) is 0 Å². The highest BCUT2D eigenvalue weighted by molar-refractivity contribution is 5.96. The zero-order valence-corrected chi connectivity index (χ0v) is 11.7. The number of esters is 1. The van der Waals surface area contributed by atoms with Gasteiger partial charge in [-0.25, -0.2) is 13.6 Å².